The van der Waals surface area contributed by atoms with E-state index in [9.17, 15) is 18.0 Å². The monoisotopic (exact) mass is 255 g/mol. The first-order chi connectivity index (χ1) is 7.39. The van der Waals surface area contributed by atoms with Crippen LogP contribution in [0.1, 0.15) is 10.4 Å². The minimum absolute atomic E-state index is 0.221. The van der Waals surface area contributed by atoms with Gasteiger partial charge in [-0.2, -0.15) is 0 Å². The number of carbonyl (C=O) groups excluding carboxylic acids is 1. The van der Waals surface area contributed by atoms with Crippen molar-refractivity contribution in [1.29, 1.82) is 0 Å². The third kappa shape index (κ3) is 2.75. The molecule has 1 heterocycles. The highest BCUT2D eigenvalue weighted by Gasteiger charge is 2.34. The molecule has 1 aromatic heterocycles. The van der Waals surface area contributed by atoms with Gasteiger partial charge in [-0.3, -0.25) is 4.79 Å². The molecule has 0 spiro atoms. The van der Waals surface area contributed by atoms with E-state index in [1.54, 1.807) is 0 Å². The number of carbonyl (C=O) groups is 1. The first-order valence-corrected chi connectivity index (χ1v) is 4.20. The van der Waals surface area contributed by atoms with Crippen LogP contribution >= 0.6 is 11.6 Å². The summed E-state index contributed by atoms with van der Waals surface area (Å²) in [4.78, 5) is 13.9. The van der Waals surface area contributed by atoms with Gasteiger partial charge in [0.1, 0.15) is 5.02 Å². The van der Waals surface area contributed by atoms with Gasteiger partial charge in [-0.25, -0.2) is 4.98 Å². The number of ether oxygens (including phenoxy) is 2. The second-order valence-corrected chi connectivity index (χ2v) is 2.91. The van der Waals surface area contributed by atoms with Crippen molar-refractivity contribution in [2.75, 3.05) is 7.11 Å². The lowest BCUT2D eigenvalue weighted by Gasteiger charge is -2.13. The fourth-order valence-electron chi connectivity index (χ4n) is 0.900. The lowest BCUT2D eigenvalue weighted by atomic mass is 10.3. The number of alkyl halides is 3. The Balaban J connectivity index is 3.26. The summed E-state index contributed by atoms with van der Waals surface area (Å²) in [5.41, 5.74) is -0.221. The Labute approximate surface area is 92.9 Å². The van der Waals surface area contributed by atoms with Gasteiger partial charge < -0.3 is 9.47 Å². The number of hydrogen-bond donors (Lipinski definition) is 0. The number of halogens is 4. The van der Waals surface area contributed by atoms with Crippen LogP contribution < -0.4 is 9.47 Å². The molecule has 1 aromatic rings. The molecule has 0 bridgehead atoms. The van der Waals surface area contributed by atoms with Crippen molar-refractivity contribution in [1.82, 2.24) is 4.98 Å². The van der Waals surface area contributed by atoms with Crippen LogP contribution in [0.5, 0.6) is 11.6 Å². The highest BCUT2D eigenvalue weighted by atomic mass is 35.5. The first kappa shape index (κ1) is 12.6. The fourth-order valence-corrected chi connectivity index (χ4v) is 1.11. The average molecular weight is 256 g/mol. The van der Waals surface area contributed by atoms with E-state index in [0.29, 0.717) is 0 Å². The molecule has 88 valence electrons. The number of rotatable bonds is 3. The number of hydrogen-bond acceptors (Lipinski definition) is 4. The maximum atomic E-state index is 12.0. The summed E-state index contributed by atoms with van der Waals surface area (Å²) in [6.45, 7) is 0. The summed E-state index contributed by atoms with van der Waals surface area (Å²) in [5, 5.41) is -0.501. The van der Waals surface area contributed by atoms with Crippen molar-refractivity contribution in [3.8, 4) is 11.6 Å². The summed E-state index contributed by atoms with van der Waals surface area (Å²) < 4.78 is 44.2. The minimum Gasteiger partial charge on any atom is -0.478 e. The second kappa shape index (κ2) is 4.56. The fraction of sp³-hybridized carbons (Fsp3) is 0.250. The van der Waals surface area contributed by atoms with E-state index in [1.165, 1.54) is 0 Å². The highest BCUT2D eigenvalue weighted by Crippen LogP contribution is 2.38. The molecule has 0 atom stereocenters. The molecule has 0 N–H and O–H groups in total. The van der Waals surface area contributed by atoms with E-state index in [1.807, 2.05) is 0 Å². The van der Waals surface area contributed by atoms with Gasteiger partial charge in [-0.1, -0.05) is 11.6 Å². The zero-order chi connectivity index (χ0) is 12.3. The zero-order valence-corrected chi connectivity index (χ0v) is 8.59. The summed E-state index contributed by atoms with van der Waals surface area (Å²) >= 11 is 5.52. The molecular formula is C8H5ClF3NO3. The molecule has 0 aliphatic carbocycles. The molecular weight excluding hydrogens is 251 g/mol. The lowest BCUT2D eigenvalue weighted by Crippen LogP contribution is -2.18. The average Bonchev–Trinajstić information content (AvgIpc) is 2.19. The van der Waals surface area contributed by atoms with Crippen molar-refractivity contribution in [2.45, 2.75) is 6.36 Å². The predicted molar refractivity (Wildman–Crippen MR) is 47.9 cm³/mol. The Bertz CT molecular complexity index is 408. The maximum Gasteiger partial charge on any atom is 0.573 e. The molecule has 0 saturated carbocycles. The molecule has 1 rings (SSSR count). The van der Waals surface area contributed by atoms with Gasteiger partial charge >= 0.3 is 6.36 Å². The number of nitrogens with zero attached hydrogens (tertiary/aromatic N) is 1. The SMILES string of the molecule is COc1ncc(C=O)c(Cl)c1OC(F)(F)F. The van der Waals surface area contributed by atoms with Gasteiger partial charge in [0, 0.05) is 6.20 Å². The third-order valence-corrected chi connectivity index (χ3v) is 1.90. The Morgan fingerprint density at radius 2 is 2.12 bits per heavy atom. The van der Waals surface area contributed by atoms with Crippen LogP contribution in [0, 0.1) is 0 Å². The lowest BCUT2D eigenvalue weighted by molar-refractivity contribution is -0.275. The summed E-state index contributed by atoms with van der Waals surface area (Å²) in [7, 11) is 1.10. The van der Waals surface area contributed by atoms with E-state index in [4.69, 9.17) is 11.6 Å². The van der Waals surface area contributed by atoms with Crippen molar-refractivity contribution >= 4 is 17.9 Å². The van der Waals surface area contributed by atoms with E-state index in [-0.39, 0.29) is 11.8 Å². The molecule has 0 aliphatic rings. The first-order valence-electron chi connectivity index (χ1n) is 3.82. The summed E-state index contributed by atoms with van der Waals surface area (Å²) in [6, 6.07) is 0. The van der Waals surface area contributed by atoms with Crippen molar-refractivity contribution < 1.29 is 27.4 Å². The molecule has 0 aliphatic heterocycles. The van der Waals surface area contributed by atoms with Gasteiger partial charge in [0.25, 0.3) is 5.88 Å². The van der Waals surface area contributed by atoms with Crippen LogP contribution in [0.4, 0.5) is 13.2 Å². The molecule has 16 heavy (non-hydrogen) atoms. The normalized spacial score (nSPS) is 11.1. The van der Waals surface area contributed by atoms with Gasteiger partial charge in [-0.15, -0.1) is 13.2 Å². The quantitative estimate of drug-likeness (QED) is 0.779. The van der Waals surface area contributed by atoms with E-state index in [2.05, 4.69) is 14.5 Å². The van der Waals surface area contributed by atoms with Crippen molar-refractivity contribution in [2.24, 2.45) is 0 Å². The maximum absolute atomic E-state index is 12.0. The van der Waals surface area contributed by atoms with Crippen molar-refractivity contribution in [3.63, 3.8) is 0 Å². The van der Waals surface area contributed by atoms with Gasteiger partial charge in [-0.05, 0) is 0 Å². The Morgan fingerprint density at radius 1 is 1.50 bits per heavy atom. The molecule has 0 amide bonds. The number of pyridine rings is 1. The number of aldehydes is 1. The predicted octanol–water partition coefficient (Wildman–Crippen LogP) is 2.45. The van der Waals surface area contributed by atoms with Gasteiger partial charge in [0.2, 0.25) is 5.75 Å². The van der Waals surface area contributed by atoms with E-state index in [0.717, 1.165) is 13.3 Å². The topological polar surface area (TPSA) is 48.4 Å². The van der Waals surface area contributed by atoms with Crippen LogP contribution in [0.15, 0.2) is 6.20 Å². The molecule has 0 aromatic carbocycles. The molecule has 0 fully saturated rings. The summed E-state index contributed by atoms with van der Waals surface area (Å²) in [5.74, 6) is -1.28. The smallest absolute Gasteiger partial charge is 0.478 e. The van der Waals surface area contributed by atoms with Crippen LogP contribution in [-0.4, -0.2) is 24.7 Å². The summed E-state index contributed by atoms with van der Waals surface area (Å²) in [6.07, 6.45) is -3.70. The van der Waals surface area contributed by atoms with Crippen molar-refractivity contribution in [3.05, 3.63) is 16.8 Å². The zero-order valence-electron chi connectivity index (χ0n) is 7.84. The number of aromatic nitrogens is 1. The second-order valence-electron chi connectivity index (χ2n) is 2.53. The Kier molecular flexibility index (Phi) is 3.58. The molecule has 4 nitrogen and oxygen atoms in total. The molecule has 0 saturated heterocycles. The third-order valence-electron chi connectivity index (χ3n) is 1.51. The van der Waals surface area contributed by atoms with Gasteiger partial charge in [0.05, 0.1) is 12.7 Å². The van der Waals surface area contributed by atoms with Crippen LogP contribution in [-0.2, 0) is 0 Å². The molecule has 0 unspecified atom stereocenters. The van der Waals surface area contributed by atoms with E-state index < -0.39 is 23.0 Å². The standard InChI is InChI=1S/C8H5ClF3NO3/c1-15-7-6(16-8(10,11)12)5(9)4(3-14)2-13-7/h2-3H,1H3. The largest absolute Gasteiger partial charge is 0.573 e. The minimum atomic E-state index is -4.94. The number of methoxy groups -OCH3 is 1. The van der Waals surface area contributed by atoms with Crippen LogP contribution in [0.3, 0.4) is 0 Å². The molecule has 8 heteroatoms. The molecule has 0 radical (unpaired) electrons. The highest BCUT2D eigenvalue weighted by molar-refractivity contribution is 6.34. The van der Waals surface area contributed by atoms with Gasteiger partial charge in [0.15, 0.2) is 6.29 Å². The Morgan fingerprint density at radius 3 is 2.56 bits per heavy atom. The van der Waals surface area contributed by atoms with E-state index >= 15 is 0 Å². The van der Waals surface area contributed by atoms with Crippen LogP contribution in [0.2, 0.25) is 5.02 Å². The Hall–Kier alpha value is -1.50. The van der Waals surface area contributed by atoms with Crippen LogP contribution in [0.25, 0.3) is 0 Å².